The van der Waals surface area contributed by atoms with Gasteiger partial charge < -0.3 is 14.8 Å². The van der Waals surface area contributed by atoms with Gasteiger partial charge in [0.15, 0.2) is 0 Å². The number of unbranched alkanes of at least 4 members (excludes halogenated alkanes) is 10. The molecule has 0 unspecified atom stereocenters. The summed E-state index contributed by atoms with van der Waals surface area (Å²) in [7, 11) is 0. The lowest BCUT2D eigenvalue weighted by molar-refractivity contribution is 0.282. The largest absolute Gasteiger partial charge is 0.468 e. The highest BCUT2D eigenvalue weighted by molar-refractivity contribution is 4.97. The number of hydrogen-bond acceptors (Lipinski definition) is 3. The Morgan fingerprint density at radius 3 is 1.90 bits per heavy atom. The fourth-order valence-electron chi connectivity index (χ4n) is 2.58. The highest BCUT2D eigenvalue weighted by atomic mass is 16.3. The topological polar surface area (TPSA) is 45.4 Å². The fraction of sp³-hybridized carbons (Fsp3) is 0.778. The van der Waals surface area contributed by atoms with Crippen LogP contribution in [0.5, 0.6) is 0 Å². The zero-order chi connectivity index (χ0) is 15.0. The predicted octanol–water partition coefficient (Wildman–Crippen LogP) is 4.65. The van der Waals surface area contributed by atoms with Crippen LogP contribution in [0, 0.1) is 0 Å². The van der Waals surface area contributed by atoms with Crippen molar-refractivity contribution in [2.24, 2.45) is 0 Å². The molecule has 1 rings (SSSR count). The smallest absolute Gasteiger partial charge is 0.117 e. The van der Waals surface area contributed by atoms with E-state index in [9.17, 15) is 0 Å². The predicted molar refractivity (Wildman–Crippen MR) is 88.3 cm³/mol. The second-order valence-electron chi connectivity index (χ2n) is 5.87. The molecular formula is C18H33NO2. The van der Waals surface area contributed by atoms with Crippen LogP contribution in [0.4, 0.5) is 0 Å². The molecule has 3 nitrogen and oxygen atoms in total. The number of aliphatic hydroxyl groups excluding tert-OH is 1. The van der Waals surface area contributed by atoms with Crippen molar-refractivity contribution in [3.05, 3.63) is 24.2 Å². The van der Waals surface area contributed by atoms with Gasteiger partial charge in [-0.25, -0.2) is 0 Å². The van der Waals surface area contributed by atoms with Gasteiger partial charge in [-0.3, -0.25) is 0 Å². The van der Waals surface area contributed by atoms with Crippen LogP contribution >= 0.6 is 0 Å². The molecule has 3 heteroatoms. The normalized spacial score (nSPS) is 11.1. The molecule has 0 atom stereocenters. The maximum Gasteiger partial charge on any atom is 0.117 e. The third-order valence-electron chi connectivity index (χ3n) is 3.89. The van der Waals surface area contributed by atoms with E-state index in [0.717, 1.165) is 25.3 Å². The van der Waals surface area contributed by atoms with E-state index in [0.29, 0.717) is 6.61 Å². The Bertz CT molecular complexity index is 298. The molecule has 0 saturated heterocycles. The number of furan rings is 1. The quantitative estimate of drug-likeness (QED) is 0.463. The Hall–Kier alpha value is -0.800. The van der Waals surface area contributed by atoms with Crippen LogP contribution in [0.2, 0.25) is 0 Å². The van der Waals surface area contributed by atoms with Crippen LogP contribution in [-0.4, -0.2) is 18.3 Å². The zero-order valence-corrected chi connectivity index (χ0v) is 13.5. The van der Waals surface area contributed by atoms with Crippen LogP contribution in [0.3, 0.4) is 0 Å². The number of nitrogens with one attached hydrogen (secondary N) is 1. The zero-order valence-electron chi connectivity index (χ0n) is 13.5. The molecule has 1 aromatic heterocycles. The summed E-state index contributed by atoms with van der Waals surface area (Å²) >= 11 is 0. The molecular weight excluding hydrogens is 262 g/mol. The molecule has 0 fully saturated rings. The van der Waals surface area contributed by atoms with Gasteiger partial charge in [-0.1, -0.05) is 57.8 Å². The van der Waals surface area contributed by atoms with E-state index in [-0.39, 0.29) is 0 Å². The summed E-state index contributed by atoms with van der Waals surface area (Å²) in [6, 6.07) is 3.94. The Labute approximate surface area is 130 Å². The van der Waals surface area contributed by atoms with Crippen molar-refractivity contribution in [1.29, 1.82) is 0 Å². The standard InChI is InChI=1S/C18H33NO2/c20-15-11-9-7-5-3-1-2-4-6-8-10-14-19-17-18-13-12-16-21-18/h12-13,16,19-20H,1-11,14-15,17H2. The van der Waals surface area contributed by atoms with E-state index < -0.39 is 0 Å². The van der Waals surface area contributed by atoms with Gasteiger partial charge in [0.2, 0.25) is 0 Å². The second kappa shape index (κ2) is 14.2. The van der Waals surface area contributed by atoms with Crippen molar-refractivity contribution in [2.45, 2.75) is 77.2 Å². The van der Waals surface area contributed by atoms with Crippen LogP contribution in [0.1, 0.15) is 76.4 Å². The van der Waals surface area contributed by atoms with Crippen molar-refractivity contribution < 1.29 is 9.52 Å². The molecule has 21 heavy (non-hydrogen) atoms. The Balaban J connectivity index is 1.69. The molecule has 0 aliphatic carbocycles. The van der Waals surface area contributed by atoms with Gasteiger partial charge in [0.1, 0.15) is 5.76 Å². The first-order valence-electron chi connectivity index (χ1n) is 8.77. The Morgan fingerprint density at radius 1 is 0.810 bits per heavy atom. The molecule has 0 amide bonds. The molecule has 2 N–H and O–H groups in total. The number of hydrogen-bond donors (Lipinski definition) is 2. The number of rotatable bonds is 15. The summed E-state index contributed by atoms with van der Waals surface area (Å²) in [5, 5.41) is 12.1. The van der Waals surface area contributed by atoms with Crippen LogP contribution in [0.25, 0.3) is 0 Å². The molecule has 0 aliphatic rings. The van der Waals surface area contributed by atoms with Gasteiger partial charge in [0, 0.05) is 6.61 Å². The molecule has 0 bridgehead atoms. The molecule has 122 valence electrons. The highest BCUT2D eigenvalue weighted by Gasteiger charge is 1.95. The number of aliphatic hydroxyl groups is 1. The van der Waals surface area contributed by atoms with E-state index in [2.05, 4.69) is 5.32 Å². The van der Waals surface area contributed by atoms with Crippen LogP contribution < -0.4 is 5.32 Å². The Kier molecular flexibility index (Phi) is 12.3. The van der Waals surface area contributed by atoms with E-state index in [1.54, 1.807) is 6.26 Å². The van der Waals surface area contributed by atoms with E-state index in [4.69, 9.17) is 9.52 Å². The van der Waals surface area contributed by atoms with Gasteiger partial charge in [0.25, 0.3) is 0 Å². The molecule has 0 aromatic carbocycles. The van der Waals surface area contributed by atoms with Crippen LogP contribution in [0.15, 0.2) is 22.8 Å². The second-order valence-corrected chi connectivity index (χ2v) is 5.87. The third kappa shape index (κ3) is 11.5. The van der Waals surface area contributed by atoms with Crippen molar-refractivity contribution >= 4 is 0 Å². The minimum Gasteiger partial charge on any atom is -0.468 e. The van der Waals surface area contributed by atoms with E-state index >= 15 is 0 Å². The lowest BCUT2D eigenvalue weighted by Crippen LogP contribution is -2.14. The molecule has 0 spiro atoms. The maximum absolute atomic E-state index is 8.68. The van der Waals surface area contributed by atoms with Crippen molar-refractivity contribution in [2.75, 3.05) is 13.2 Å². The summed E-state index contributed by atoms with van der Waals surface area (Å²) in [6.07, 6.45) is 16.0. The first-order valence-corrected chi connectivity index (χ1v) is 8.77. The monoisotopic (exact) mass is 295 g/mol. The minimum atomic E-state index is 0.358. The summed E-state index contributed by atoms with van der Waals surface area (Å²) in [6.45, 7) is 2.30. The average Bonchev–Trinajstić information content (AvgIpc) is 3.01. The van der Waals surface area contributed by atoms with Gasteiger partial charge in [-0.2, -0.15) is 0 Å². The molecule has 0 radical (unpaired) electrons. The first-order chi connectivity index (χ1) is 10.4. The van der Waals surface area contributed by atoms with Gasteiger partial charge in [0.05, 0.1) is 12.8 Å². The van der Waals surface area contributed by atoms with Crippen molar-refractivity contribution in [3.8, 4) is 0 Å². The highest BCUT2D eigenvalue weighted by Crippen LogP contribution is 2.11. The average molecular weight is 295 g/mol. The summed E-state index contributed by atoms with van der Waals surface area (Å²) in [5.74, 6) is 1.02. The van der Waals surface area contributed by atoms with E-state index in [1.165, 1.54) is 64.2 Å². The maximum atomic E-state index is 8.68. The minimum absolute atomic E-state index is 0.358. The first kappa shape index (κ1) is 18.2. The third-order valence-corrected chi connectivity index (χ3v) is 3.89. The molecule has 1 heterocycles. The van der Waals surface area contributed by atoms with Gasteiger partial charge in [-0.05, 0) is 31.5 Å². The summed E-state index contributed by atoms with van der Waals surface area (Å²) in [5.41, 5.74) is 0. The van der Waals surface area contributed by atoms with E-state index in [1.807, 2.05) is 12.1 Å². The lowest BCUT2D eigenvalue weighted by atomic mass is 10.1. The lowest BCUT2D eigenvalue weighted by Gasteiger charge is -2.04. The summed E-state index contributed by atoms with van der Waals surface area (Å²) < 4.78 is 5.27. The van der Waals surface area contributed by atoms with Crippen molar-refractivity contribution in [1.82, 2.24) is 5.32 Å². The molecule has 1 aromatic rings. The molecule has 0 aliphatic heterocycles. The Morgan fingerprint density at radius 2 is 1.38 bits per heavy atom. The van der Waals surface area contributed by atoms with Gasteiger partial charge in [-0.15, -0.1) is 0 Å². The summed E-state index contributed by atoms with van der Waals surface area (Å²) in [4.78, 5) is 0. The fourth-order valence-corrected chi connectivity index (χ4v) is 2.58. The van der Waals surface area contributed by atoms with Crippen LogP contribution in [-0.2, 0) is 6.54 Å². The van der Waals surface area contributed by atoms with Gasteiger partial charge >= 0.3 is 0 Å². The molecule has 0 saturated carbocycles. The van der Waals surface area contributed by atoms with Crippen molar-refractivity contribution in [3.63, 3.8) is 0 Å². The SMILES string of the molecule is OCCCCCCCCCCCCCNCc1ccco1.